The van der Waals surface area contributed by atoms with Crippen LogP contribution in [0.3, 0.4) is 0 Å². The van der Waals surface area contributed by atoms with E-state index in [-0.39, 0.29) is 11.8 Å². The van der Waals surface area contributed by atoms with Crippen LogP contribution in [0.25, 0.3) is 10.8 Å². The van der Waals surface area contributed by atoms with Crippen molar-refractivity contribution in [2.75, 3.05) is 13.6 Å². The monoisotopic (exact) mass is 255 g/mol. The molecule has 0 bridgehead atoms. The first-order valence-electron chi connectivity index (χ1n) is 6.57. The SMILES string of the molecule is CC(CN(C)Cc1cccc2ccccc12)C(=N)N. The second kappa shape index (κ2) is 5.85. The van der Waals surface area contributed by atoms with Crippen molar-refractivity contribution in [3.63, 3.8) is 0 Å². The highest BCUT2D eigenvalue weighted by Crippen LogP contribution is 2.19. The summed E-state index contributed by atoms with van der Waals surface area (Å²) in [5.41, 5.74) is 6.84. The topological polar surface area (TPSA) is 53.1 Å². The molecule has 2 aromatic rings. The molecule has 3 heteroatoms. The Bertz CT molecular complexity index is 572. The number of nitrogens with two attached hydrogens (primary N) is 1. The van der Waals surface area contributed by atoms with Crippen molar-refractivity contribution in [3.05, 3.63) is 48.0 Å². The fraction of sp³-hybridized carbons (Fsp3) is 0.312. The van der Waals surface area contributed by atoms with Crippen LogP contribution in [-0.2, 0) is 6.54 Å². The van der Waals surface area contributed by atoms with E-state index in [9.17, 15) is 0 Å². The number of rotatable bonds is 5. The lowest BCUT2D eigenvalue weighted by Crippen LogP contribution is -2.31. The third-order valence-corrected chi connectivity index (χ3v) is 3.44. The van der Waals surface area contributed by atoms with Crippen molar-refractivity contribution < 1.29 is 0 Å². The van der Waals surface area contributed by atoms with Crippen molar-refractivity contribution >= 4 is 16.6 Å². The maximum absolute atomic E-state index is 7.46. The summed E-state index contributed by atoms with van der Waals surface area (Å²) >= 11 is 0. The lowest BCUT2D eigenvalue weighted by atomic mass is 10.0. The summed E-state index contributed by atoms with van der Waals surface area (Å²) < 4.78 is 0. The summed E-state index contributed by atoms with van der Waals surface area (Å²) in [6, 6.07) is 14.8. The lowest BCUT2D eigenvalue weighted by Gasteiger charge is -2.21. The average molecular weight is 255 g/mol. The van der Waals surface area contributed by atoms with Gasteiger partial charge in [-0.3, -0.25) is 5.41 Å². The van der Waals surface area contributed by atoms with Crippen molar-refractivity contribution in [2.24, 2.45) is 11.7 Å². The van der Waals surface area contributed by atoms with Gasteiger partial charge in [0.2, 0.25) is 0 Å². The van der Waals surface area contributed by atoms with E-state index in [1.807, 2.05) is 6.92 Å². The molecule has 3 N–H and O–H groups in total. The van der Waals surface area contributed by atoms with Gasteiger partial charge in [-0.05, 0) is 23.4 Å². The minimum atomic E-state index is 0.0972. The Kier molecular flexibility index (Phi) is 4.17. The van der Waals surface area contributed by atoms with Gasteiger partial charge in [0.1, 0.15) is 0 Å². The molecule has 0 aromatic heterocycles. The molecule has 0 spiro atoms. The number of hydrogen-bond acceptors (Lipinski definition) is 2. The molecule has 3 nitrogen and oxygen atoms in total. The highest BCUT2D eigenvalue weighted by Gasteiger charge is 2.10. The second-order valence-electron chi connectivity index (χ2n) is 5.19. The average Bonchev–Trinajstić information content (AvgIpc) is 2.39. The number of nitrogens with zero attached hydrogens (tertiary/aromatic N) is 1. The molecule has 0 heterocycles. The van der Waals surface area contributed by atoms with Crippen molar-refractivity contribution in [1.82, 2.24) is 4.90 Å². The molecule has 0 aliphatic carbocycles. The molecule has 0 aliphatic rings. The van der Waals surface area contributed by atoms with Gasteiger partial charge in [0.05, 0.1) is 5.84 Å². The molecule has 0 radical (unpaired) electrons. The largest absolute Gasteiger partial charge is 0.387 e. The predicted octanol–water partition coefficient (Wildman–Crippen LogP) is 2.84. The first-order chi connectivity index (χ1) is 9.08. The summed E-state index contributed by atoms with van der Waals surface area (Å²) in [7, 11) is 2.07. The van der Waals surface area contributed by atoms with E-state index in [1.54, 1.807) is 0 Å². The number of benzene rings is 2. The molecule has 0 saturated heterocycles. The van der Waals surface area contributed by atoms with Crippen LogP contribution in [0.5, 0.6) is 0 Å². The molecule has 2 rings (SSSR count). The summed E-state index contributed by atoms with van der Waals surface area (Å²) in [6.07, 6.45) is 0. The lowest BCUT2D eigenvalue weighted by molar-refractivity contribution is 0.307. The van der Waals surface area contributed by atoms with Crippen LogP contribution in [0.1, 0.15) is 12.5 Å². The van der Waals surface area contributed by atoms with Gasteiger partial charge in [-0.15, -0.1) is 0 Å². The Morgan fingerprint density at radius 2 is 1.89 bits per heavy atom. The highest BCUT2D eigenvalue weighted by atomic mass is 15.1. The molecule has 1 atom stereocenters. The zero-order valence-electron chi connectivity index (χ0n) is 11.6. The normalized spacial score (nSPS) is 12.8. The molecule has 0 aliphatic heterocycles. The molecule has 1 unspecified atom stereocenters. The van der Waals surface area contributed by atoms with Crippen LogP contribution < -0.4 is 5.73 Å². The minimum absolute atomic E-state index is 0.0972. The molecule has 0 fully saturated rings. The zero-order chi connectivity index (χ0) is 13.8. The van der Waals surface area contributed by atoms with E-state index in [0.29, 0.717) is 0 Å². The zero-order valence-corrected chi connectivity index (χ0v) is 11.6. The number of fused-ring (bicyclic) bond motifs is 1. The van der Waals surface area contributed by atoms with E-state index < -0.39 is 0 Å². The molecule has 0 saturated carbocycles. The van der Waals surface area contributed by atoms with Crippen LogP contribution in [0, 0.1) is 11.3 Å². The Morgan fingerprint density at radius 3 is 2.63 bits per heavy atom. The molecule has 100 valence electrons. The Balaban J connectivity index is 2.15. The maximum atomic E-state index is 7.46. The summed E-state index contributed by atoms with van der Waals surface area (Å²) in [6.45, 7) is 3.67. The third-order valence-electron chi connectivity index (χ3n) is 3.44. The number of hydrogen-bond donors (Lipinski definition) is 2. The first kappa shape index (κ1) is 13.6. The second-order valence-corrected chi connectivity index (χ2v) is 5.19. The Labute approximate surface area is 114 Å². The van der Waals surface area contributed by atoms with Crippen molar-refractivity contribution in [2.45, 2.75) is 13.5 Å². The summed E-state index contributed by atoms with van der Waals surface area (Å²) in [5, 5.41) is 10.0. The fourth-order valence-corrected chi connectivity index (χ4v) is 2.35. The predicted molar refractivity (Wildman–Crippen MR) is 81.4 cm³/mol. The Morgan fingerprint density at radius 1 is 1.21 bits per heavy atom. The van der Waals surface area contributed by atoms with Crippen LogP contribution in [0.4, 0.5) is 0 Å². The van der Waals surface area contributed by atoms with Crippen molar-refractivity contribution in [1.29, 1.82) is 5.41 Å². The van der Waals surface area contributed by atoms with Gasteiger partial charge in [0, 0.05) is 19.0 Å². The van der Waals surface area contributed by atoms with E-state index in [2.05, 4.69) is 54.4 Å². The van der Waals surface area contributed by atoms with E-state index in [1.165, 1.54) is 16.3 Å². The number of nitrogens with one attached hydrogen (secondary N) is 1. The van der Waals surface area contributed by atoms with Gasteiger partial charge < -0.3 is 10.6 Å². The van der Waals surface area contributed by atoms with Gasteiger partial charge in [0.15, 0.2) is 0 Å². The molecule has 0 amide bonds. The van der Waals surface area contributed by atoms with Gasteiger partial charge in [0.25, 0.3) is 0 Å². The maximum Gasteiger partial charge on any atom is 0.0947 e. The highest BCUT2D eigenvalue weighted by molar-refractivity contribution is 5.85. The third kappa shape index (κ3) is 3.32. The standard InChI is InChI=1S/C16H21N3/c1-12(16(17)18)10-19(2)11-14-8-5-7-13-6-3-4-9-15(13)14/h3-9,12H,10-11H2,1-2H3,(H3,17,18). The van der Waals surface area contributed by atoms with Crippen LogP contribution in [0.2, 0.25) is 0 Å². The van der Waals surface area contributed by atoms with Gasteiger partial charge >= 0.3 is 0 Å². The van der Waals surface area contributed by atoms with E-state index in [0.717, 1.165) is 13.1 Å². The molecular formula is C16H21N3. The minimum Gasteiger partial charge on any atom is -0.387 e. The Hall–Kier alpha value is -1.87. The van der Waals surface area contributed by atoms with Gasteiger partial charge in [-0.1, -0.05) is 49.4 Å². The van der Waals surface area contributed by atoms with Crippen molar-refractivity contribution in [3.8, 4) is 0 Å². The fourth-order valence-electron chi connectivity index (χ4n) is 2.35. The van der Waals surface area contributed by atoms with E-state index in [4.69, 9.17) is 11.1 Å². The van der Waals surface area contributed by atoms with Gasteiger partial charge in [-0.25, -0.2) is 0 Å². The smallest absolute Gasteiger partial charge is 0.0947 e. The van der Waals surface area contributed by atoms with Gasteiger partial charge in [-0.2, -0.15) is 0 Å². The van der Waals surface area contributed by atoms with Crippen LogP contribution in [0.15, 0.2) is 42.5 Å². The molecule has 19 heavy (non-hydrogen) atoms. The molecule has 2 aromatic carbocycles. The molecular weight excluding hydrogens is 234 g/mol. The van der Waals surface area contributed by atoms with E-state index >= 15 is 0 Å². The quantitative estimate of drug-likeness (QED) is 0.637. The summed E-state index contributed by atoms with van der Waals surface area (Å²) in [4.78, 5) is 2.22. The van der Waals surface area contributed by atoms with Crippen LogP contribution >= 0.6 is 0 Å². The number of amidine groups is 1. The van der Waals surface area contributed by atoms with Crippen LogP contribution in [-0.4, -0.2) is 24.3 Å². The summed E-state index contributed by atoms with van der Waals surface area (Å²) in [5.74, 6) is 0.352. The first-order valence-corrected chi connectivity index (χ1v) is 6.57.